The Labute approximate surface area is 178 Å². The van der Waals surface area contributed by atoms with E-state index in [1.807, 2.05) is 59.3 Å². The average Bonchev–Trinajstić information content (AvgIpc) is 3.32. The van der Waals surface area contributed by atoms with Gasteiger partial charge in [-0.3, -0.25) is 14.9 Å². The van der Waals surface area contributed by atoms with Crippen molar-refractivity contribution in [1.29, 1.82) is 0 Å². The molecule has 5 rings (SSSR count). The van der Waals surface area contributed by atoms with E-state index in [1.165, 1.54) is 0 Å². The van der Waals surface area contributed by atoms with E-state index < -0.39 is 11.8 Å². The Balaban J connectivity index is 1.51. The van der Waals surface area contributed by atoms with E-state index in [9.17, 15) is 9.59 Å². The molecule has 0 saturated carbocycles. The summed E-state index contributed by atoms with van der Waals surface area (Å²) in [5.41, 5.74) is 1.41. The number of nitrogens with zero attached hydrogens (tertiary/aromatic N) is 2. The molecule has 1 spiro atoms. The molecular formula is C23H21N5O3. The van der Waals surface area contributed by atoms with Gasteiger partial charge in [-0.25, -0.2) is 4.68 Å². The maximum absolute atomic E-state index is 12.9. The van der Waals surface area contributed by atoms with Crippen LogP contribution in [0.1, 0.15) is 10.4 Å². The van der Waals surface area contributed by atoms with Gasteiger partial charge >= 0.3 is 0 Å². The second-order valence-electron chi connectivity index (χ2n) is 7.63. The zero-order valence-electron chi connectivity index (χ0n) is 16.7. The lowest BCUT2D eigenvalue weighted by Gasteiger charge is -2.38. The van der Waals surface area contributed by atoms with Crippen LogP contribution in [0.15, 0.2) is 67.3 Å². The number of benzene rings is 2. The third kappa shape index (κ3) is 3.27. The van der Waals surface area contributed by atoms with Gasteiger partial charge in [0.25, 0.3) is 5.91 Å². The molecule has 0 unspecified atom stereocenters. The number of para-hydroxylation sites is 1. The highest BCUT2D eigenvalue weighted by Crippen LogP contribution is 2.39. The summed E-state index contributed by atoms with van der Waals surface area (Å²) in [6.45, 7) is 5.63. The molecule has 0 aliphatic carbocycles. The number of anilines is 1. The van der Waals surface area contributed by atoms with Gasteiger partial charge < -0.3 is 15.4 Å². The first kappa shape index (κ1) is 19.1. The van der Waals surface area contributed by atoms with Crippen molar-refractivity contribution in [1.82, 2.24) is 20.4 Å². The van der Waals surface area contributed by atoms with Gasteiger partial charge in [-0.2, -0.15) is 5.10 Å². The summed E-state index contributed by atoms with van der Waals surface area (Å²) in [6.07, 6.45) is 1.07. The Morgan fingerprint density at radius 3 is 2.42 bits per heavy atom. The van der Waals surface area contributed by atoms with Gasteiger partial charge in [-0.1, -0.05) is 24.8 Å². The number of fused-ring (bicyclic) bond motifs is 2. The van der Waals surface area contributed by atoms with Gasteiger partial charge in [0.05, 0.1) is 0 Å². The number of ether oxygens (including phenoxy) is 1. The smallest absolute Gasteiger partial charge is 0.264 e. The summed E-state index contributed by atoms with van der Waals surface area (Å²) < 4.78 is 7.73. The minimum Gasteiger partial charge on any atom is -0.457 e. The summed E-state index contributed by atoms with van der Waals surface area (Å²) in [4.78, 5) is 24.7. The molecule has 156 valence electrons. The Morgan fingerprint density at radius 1 is 1.06 bits per heavy atom. The Kier molecular flexibility index (Phi) is 4.56. The van der Waals surface area contributed by atoms with Crippen molar-refractivity contribution < 1.29 is 14.3 Å². The van der Waals surface area contributed by atoms with Crippen molar-refractivity contribution in [3.8, 4) is 22.8 Å². The number of carbonyl (C=O) groups is 2. The van der Waals surface area contributed by atoms with Crippen molar-refractivity contribution in [3.63, 3.8) is 0 Å². The summed E-state index contributed by atoms with van der Waals surface area (Å²) in [7, 11) is 0. The normalized spacial score (nSPS) is 15.5. The molecule has 1 aromatic heterocycles. The zero-order chi connectivity index (χ0) is 21.4. The van der Waals surface area contributed by atoms with Gasteiger partial charge in [0.15, 0.2) is 0 Å². The molecule has 8 nitrogen and oxygen atoms in total. The monoisotopic (exact) mass is 415 g/mol. The Morgan fingerprint density at radius 2 is 1.77 bits per heavy atom. The zero-order valence-corrected chi connectivity index (χ0v) is 16.7. The van der Waals surface area contributed by atoms with E-state index in [2.05, 4.69) is 22.5 Å². The summed E-state index contributed by atoms with van der Waals surface area (Å²) >= 11 is 0. The maximum Gasteiger partial charge on any atom is 0.264 e. The number of aromatic nitrogens is 2. The van der Waals surface area contributed by atoms with Crippen molar-refractivity contribution in [2.24, 2.45) is 0 Å². The second kappa shape index (κ2) is 7.41. The first-order valence-electron chi connectivity index (χ1n) is 9.99. The Bertz CT molecular complexity index is 1160. The fourth-order valence-corrected chi connectivity index (χ4v) is 3.88. The number of imide groups is 1. The summed E-state index contributed by atoms with van der Waals surface area (Å²) in [5.74, 6) is 0.966. The molecule has 3 heterocycles. The van der Waals surface area contributed by atoms with E-state index in [0.717, 1.165) is 30.5 Å². The molecule has 1 fully saturated rings. The van der Waals surface area contributed by atoms with Crippen LogP contribution in [0, 0.1) is 0 Å². The van der Waals surface area contributed by atoms with Crippen LogP contribution in [0.2, 0.25) is 0 Å². The van der Waals surface area contributed by atoms with E-state index in [0.29, 0.717) is 29.4 Å². The van der Waals surface area contributed by atoms with Crippen LogP contribution in [0.5, 0.6) is 11.5 Å². The molecule has 3 N–H and O–H groups in total. The van der Waals surface area contributed by atoms with Gasteiger partial charge in [-0.05, 0) is 42.5 Å². The molecule has 2 amide bonds. The number of amides is 2. The highest BCUT2D eigenvalue weighted by Gasteiger charge is 2.47. The fourth-order valence-electron chi connectivity index (χ4n) is 3.88. The molecule has 0 radical (unpaired) electrons. The van der Waals surface area contributed by atoms with Gasteiger partial charge in [-0.15, -0.1) is 0 Å². The molecule has 8 heteroatoms. The minimum absolute atomic E-state index is 0.193. The van der Waals surface area contributed by atoms with Crippen LogP contribution < -0.4 is 20.7 Å². The lowest BCUT2D eigenvalue weighted by atomic mass is 9.94. The standard InChI is InChI=1S/C23H21N5O3/c1-2-18(29)26-22(30)19-20(27-28-21(19)25-14-23(28)12-24-13-23)15-8-10-17(11-9-15)31-16-6-4-3-5-7-16/h2-11,24-25H,1,12-14H2,(H,26,29,30). The molecule has 2 aliphatic heterocycles. The van der Waals surface area contributed by atoms with Crippen molar-refractivity contribution in [3.05, 3.63) is 72.8 Å². The third-order valence-corrected chi connectivity index (χ3v) is 5.58. The quantitative estimate of drug-likeness (QED) is 0.554. The topological polar surface area (TPSA) is 97.3 Å². The van der Waals surface area contributed by atoms with Crippen molar-refractivity contribution in [2.75, 3.05) is 25.0 Å². The predicted octanol–water partition coefficient (Wildman–Crippen LogP) is 2.51. The predicted molar refractivity (Wildman–Crippen MR) is 116 cm³/mol. The average molecular weight is 415 g/mol. The van der Waals surface area contributed by atoms with Gasteiger partial charge in [0, 0.05) is 25.2 Å². The van der Waals surface area contributed by atoms with Crippen LogP contribution in [-0.4, -0.2) is 41.2 Å². The lowest BCUT2D eigenvalue weighted by molar-refractivity contribution is -0.115. The highest BCUT2D eigenvalue weighted by molar-refractivity contribution is 6.13. The molecule has 0 atom stereocenters. The van der Waals surface area contributed by atoms with Crippen LogP contribution >= 0.6 is 0 Å². The number of carbonyl (C=O) groups excluding carboxylic acids is 2. The molecule has 31 heavy (non-hydrogen) atoms. The SMILES string of the molecule is C=CC(=O)NC(=O)c1c(-c2ccc(Oc3ccccc3)cc2)nn2c1NCC21CNC1. The van der Waals surface area contributed by atoms with E-state index in [1.54, 1.807) is 0 Å². The largest absolute Gasteiger partial charge is 0.457 e. The second-order valence-corrected chi connectivity index (χ2v) is 7.63. The molecule has 2 aliphatic rings. The van der Waals surface area contributed by atoms with Crippen molar-refractivity contribution in [2.45, 2.75) is 5.54 Å². The van der Waals surface area contributed by atoms with E-state index >= 15 is 0 Å². The summed E-state index contributed by atoms with van der Waals surface area (Å²) in [6, 6.07) is 16.9. The first-order valence-corrected chi connectivity index (χ1v) is 9.99. The van der Waals surface area contributed by atoms with Crippen molar-refractivity contribution >= 4 is 17.6 Å². The van der Waals surface area contributed by atoms with Crippen LogP contribution in [-0.2, 0) is 10.3 Å². The number of hydrogen-bond donors (Lipinski definition) is 3. The maximum atomic E-state index is 12.9. The van der Waals surface area contributed by atoms with Crippen LogP contribution in [0.25, 0.3) is 11.3 Å². The van der Waals surface area contributed by atoms with E-state index in [-0.39, 0.29) is 5.54 Å². The fraction of sp³-hybridized carbons (Fsp3) is 0.174. The Hall–Kier alpha value is -3.91. The molecule has 2 aromatic carbocycles. The van der Waals surface area contributed by atoms with Crippen LogP contribution in [0.3, 0.4) is 0 Å². The number of hydrogen-bond acceptors (Lipinski definition) is 6. The van der Waals surface area contributed by atoms with Gasteiger partial charge in [0.1, 0.15) is 34.1 Å². The van der Waals surface area contributed by atoms with Gasteiger partial charge in [0.2, 0.25) is 5.91 Å². The summed E-state index contributed by atoms with van der Waals surface area (Å²) in [5, 5.41) is 13.7. The molecule has 0 bridgehead atoms. The third-order valence-electron chi connectivity index (χ3n) is 5.58. The van der Waals surface area contributed by atoms with E-state index in [4.69, 9.17) is 9.84 Å². The minimum atomic E-state index is -0.555. The number of rotatable bonds is 5. The lowest BCUT2D eigenvalue weighted by Crippen LogP contribution is -2.61. The molecule has 1 saturated heterocycles. The molecule has 3 aromatic rings. The highest BCUT2D eigenvalue weighted by atomic mass is 16.5. The van der Waals surface area contributed by atoms with Crippen LogP contribution in [0.4, 0.5) is 5.82 Å². The first-order chi connectivity index (χ1) is 15.1. The number of nitrogens with one attached hydrogen (secondary N) is 3. The molecular weight excluding hydrogens is 394 g/mol.